The van der Waals surface area contributed by atoms with E-state index in [2.05, 4.69) is 4.98 Å². The van der Waals surface area contributed by atoms with E-state index < -0.39 is 5.97 Å². The SMILES string of the molecule is O=C([O-])c1cc2c([nH]1)CCCC2.[Na+]. The van der Waals surface area contributed by atoms with Gasteiger partial charge < -0.3 is 14.9 Å². The molecule has 3 nitrogen and oxygen atoms in total. The van der Waals surface area contributed by atoms with Crippen molar-refractivity contribution in [3.63, 3.8) is 0 Å². The van der Waals surface area contributed by atoms with Crippen LogP contribution in [0.15, 0.2) is 6.07 Å². The molecule has 0 bridgehead atoms. The number of carboxylic acids is 1. The van der Waals surface area contributed by atoms with Crippen LogP contribution in [-0.2, 0) is 12.8 Å². The predicted octanol–water partition coefficient (Wildman–Crippen LogP) is -2.74. The first-order valence-corrected chi connectivity index (χ1v) is 4.19. The average molecular weight is 187 g/mol. The van der Waals surface area contributed by atoms with E-state index in [1.165, 1.54) is 0 Å². The van der Waals surface area contributed by atoms with Crippen LogP contribution in [0, 0.1) is 0 Å². The molecule has 0 atom stereocenters. The summed E-state index contributed by atoms with van der Waals surface area (Å²) in [5.41, 5.74) is 2.46. The van der Waals surface area contributed by atoms with E-state index in [0.29, 0.717) is 0 Å². The third-order valence-electron chi connectivity index (χ3n) is 2.33. The monoisotopic (exact) mass is 187 g/mol. The molecule has 1 aromatic rings. The summed E-state index contributed by atoms with van der Waals surface area (Å²) in [4.78, 5) is 13.3. The third kappa shape index (κ3) is 2.16. The van der Waals surface area contributed by atoms with E-state index in [4.69, 9.17) is 0 Å². The molecular weight excluding hydrogens is 177 g/mol. The molecule has 1 heterocycles. The Morgan fingerprint density at radius 1 is 1.38 bits per heavy atom. The van der Waals surface area contributed by atoms with Gasteiger partial charge in [0.25, 0.3) is 0 Å². The fourth-order valence-electron chi connectivity index (χ4n) is 1.71. The smallest absolute Gasteiger partial charge is 0.543 e. The molecule has 0 radical (unpaired) electrons. The summed E-state index contributed by atoms with van der Waals surface area (Å²) in [6.07, 6.45) is 4.29. The second kappa shape index (κ2) is 4.31. The molecule has 0 unspecified atom stereocenters. The Hall–Kier alpha value is -0.250. The largest absolute Gasteiger partial charge is 1.00 e. The molecule has 0 aromatic carbocycles. The molecule has 1 aliphatic carbocycles. The minimum atomic E-state index is -1.11. The second-order valence-corrected chi connectivity index (χ2v) is 3.18. The second-order valence-electron chi connectivity index (χ2n) is 3.18. The van der Waals surface area contributed by atoms with Gasteiger partial charge in [-0.1, -0.05) is 0 Å². The number of aryl methyl sites for hydroxylation is 2. The number of hydrogen-bond donors (Lipinski definition) is 1. The van der Waals surface area contributed by atoms with E-state index >= 15 is 0 Å². The third-order valence-corrected chi connectivity index (χ3v) is 2.33. The minimum Gasteiger partial charge on any atom is -0.543 e. The number of carbonyl (C=O) groups is 1. The molecule has 64 valence electrons. The number of aromatic carboxylic acids is 1. The van der Waals surface area contributed by atoms with Crippen molar-refractivity contribution in [2.24, 2.45) is 0 Å². The maximum atomic E-state index is 10.5. The van der Waals surface area contributed by atoms with Gasteiger partial charge in [-0.15, -0.1) is 0 Å². The van der Waals surface area contributed by atoms with Crippen molar-refractivity contribution >= 4 is 5.97 Å². The Labute approximate surface area is 98.8 Å². The topological polar surface area (TPSA) is 55.9 Å². The maximum Gasteiger partial charge on any atom is 1.00 e. The molecule has 0 fully saturated rings. The number of hydrogen-bond acceptors (Lipinski definition) is 2. The molecular formula is C9H10NNaO2. The van der Waals surface area contributed by atoms with Gasteiger partial charge in [-0.05, 0) is 37.3 Å². The molecule has 1 N–H and O–H groups in total. The van der Waals surface area contributed by atoms with E-state index in [0.717, 1.165) is 36.9 Å². The van der Waals surface area contributed by atoms with Crippen molar-refractivity contribution in [3.8, 4) is 0 Å². The molecule has 1 aromatic heterocycles. The van der Waals surface area contributed by atoms with Crippen LogP contribution in [-0.4, -0.2) is 11.0 Å². The molecule has 0 saturated carbocycles. The van der Waals surface area contributed by atoms with Crippen molar-refractivity contribution in [1.82, 2.24) is 4.98 Å². The summed E-state index contributed by atoms with van der Waals surface area (Å²) in [5.74, 6) is -1.11. The van der Waals surface area contributed by atoms with Crippen molar-refractivity contribution in [2.45, 2.75) is 25.7 Å². The Kier molecular flexibility index (Phi) is 3.59. The van der Waals surface area contributed by atoms with Crippen molar-refractivity contribution in [1.29, 1.82) is 0 Å². The van der Waals surface area contributed by atoms with Crippen LogP contribution in [0.3, 0.4) is 0 Å². The number of H-pyrrole nitrogens is 1. The van der Waals surface area contributed by atoms with E-state index in [-0.39, 0.29) is 35.3 Å². The van der Waals surface area contributed by atoms with E-state index in [1.54, 1.807) is 6.07 Å². The van der Waals surface area contributed by atoms with Crippen molar-refractivity contribution < 1.29 is 39.5 Å². The van der Waals surface area contributed by atoms with Gasteiger partial charge in [0.15, 0.2) is 0 Å². The van der Waals surface area contributed by atoms with Crippen molar-refractivity contribution in [3.05, 3.63) is 23.0 Å². The van der Waals surface area contributed by atoms with E-state index in [1.807, 2.05) is 0 Å². The first kappa shape index (κ1) is 10.8. The zero-order valence-electron chi connectivity index (χ0n) is 7.72. The number of aromatic nitrogens is 1. The Balaban J connectivity index is 0.000000845. The Bertz CT molecular complexity index is 296. The van der Waals surface area contributed by atoms with Gasteiger partial charge in [0.1, 0.15) is 0 Å². The first-order valence-electron chi connectivity index (χ1n) is 4.19. The Morgan fingerprint density at radius 3 is 2.69 bits per heavy atom. The zero-order valence-corrected chi connectivity index (χ0v) is 9.72. The summed E-state index contributed by atoms with van der Waals surface area (Å²) in [5, 5.41) is 10.5. The number of carbonyl (C=O) groups excluding carboxylic acids is 1. The van der Waals surface area contributed by atoms with Crippen LogP contribution in [0.1, 0.15) is 34.6 Å². The van der Waals surface area contributed by atoms with Gasteiger partial charge in [0.05, 0.1) is 11.7 Å². The number of rotatable bonds is 1. The molecule has 0 amide bonds. The molecule has 0 spiro atoms. The molecule has 4 heteroatoms. The van der Waals surface area contributed by atoms with Gasteiger partial charge in [-0.3, -0.25) is 0 Å². The summed E-state index contributed by atoms with van der Waals surface area (Å²) < 4.78 is 0. The average Bonchev–Trinajstić information content (AvgIpc) is 2.46. The summed E-state index contributed by atoms with van der Waals surface area (Å²) in [6, 6.07) is 1.70. The Morgan fingerprint density at radius 2 is 2.08 bits per heavy atom. The van der Waals surface area contributed by atoms with Crippen LogP contribution in [0.2, 0.25) is 0 Å². The van der Waals surface area contributed by atoms with Crippen LogP contribution in [0.5, 0.6) is 0 Å². The van der Waals surface area contributed by atoms with Crippen molar-refractivity contribution in [2.75, 3.05) is 0 Å². The summed E-state index contributed by atoms with van der Waals surface area (Å²) in [6.45, 7) is 0. The van der Waals surface area contributed by atoms with E-state index in [9.17, 15) is 9.90 Å². The first-order chi connectivity index (χ1) is 5.77. The number of carboxylic acid groups (broad SMARTS) is 1. The summed E-state index contributed by atoms with van der Waals surface area (Å²) >= 11 is 0. The predicted molar refractivity (Wildman–Crippen MR) is 41.8 cm³/mol. The molecule has 0 aliphatic heterocycles. The van der Waals surface area contributed by atoms with Gasteiger partial charge in [-0.2, -0.15) is 0 Å². The van der Waals surface area contributed by atoms with Gasteiger partial charge >= 0.3 is 29.6 Å². The fourth-order valence-corrected chi connectivity index (χ4v) is 1.71. The van der Waals surface area contributed by atoms with Crippen LogP contribution in [0.4, 0.5) is 0 Å². The number of fused-ring (bicyclic) bond motifs is 1. The standard InChI is InChI=1S/C9H11NO2.Na/c11-9(12)8-5-6-3-1-2-4-7(6)10-8;/h5,10H,1-4H2,(H,11,12);/q;+1/p-1. The van der Waals surface area contributed by atoms with Crippen LogP contribution >= 0.6 is 0 Å². The molecule has 1 aliphatic rings. The number of nitrogens with one attached hydrogen (secondary N) is 1. The molecule has 2 rings (SSSR count). The zero-order chi connectivity index (χ0) is 8.55. The van der Waals surface area contributed by atoms with Crippen LogP contribution < -0.4 is 34.7 Å². The molecule has 0 saturated heterocycles. The molecule has 13 heavy (non-hydrogen) atoms. The minimum absolute atomic E-state index is 0. The van der Waals surface area contributed by atoms with Gasteiger partial charge in [0, 0.05) is 5.69 Å². The maximum absolute atomic E-state index is 10.5. The van der Waals surface area contributed by atoms with Gasteiger partial charge in [0.2, 0.25) is 0 Å². The number of aromatic amines is 1. The van der Waals surface area contributed by atoms with Gasteiger partial charge in [-0.25, -0.2) is 0 Å². The van der Waals surface area contributed by atoms with Crippen LogP contribution in [0.25, 0.3) is 0 Å². The quantitative estimate of drug-likeness (QED) is 0.485. The fraction of sp³-hybridized carbons (Fsp3) is 0.444. The summed E-state index contributed by atoms with van der Waals surface area (Å²) in [7, 11) is 0. The normalized spacial score (nSPS) is 14.5.